The molecule has 2 aliphatic rings. The van der Waals surface area contributed by atoms with Crippen molar-refractivity contribution in [3.63, 3.8) is 0 Å². The van der Waals surface area contributed by atoms with Crippen LogP contribution in [-0.4, -0.2) is 19.0 Å². The second-order valence-corrected chi connectivity index (χ2v) is 12.5. The predicted molar refractivity (Wildman–Crippen MR) is 140 cm³/mol. The van der Waals surface area contributed by atoms with Crippen molar-refractivity contribution in [3.05, 3.63) is 52.1 Å². The van der Waals surface area contributed by atoms with Crippen LogP contribution in [0.3, 0.4) is 0 Å². The van der Waals surface area contributed by atoms with Crippen LogP contribution in [0.25, 0.3) is 0 Å². The first-order chi connectivity index (χ1) is 15.4. The average Bonchev–Trinajstić information content (AvgIpc) is 3.51. The fourth-order valence-corrected chi connectivity index (χ4v) is 4.04. The van der Waals surface area contributed by atoms with E-state index in [-0.39, 0.29) is 16.6 Å². The highest BCUT2D eigenvalue weighted by Gasteiger charge is 2.30. The van der Waals surface area contributed by atoms with Crippen molar-refractivity contribution in [1.82, 2.24) is 0 Å². The molecule has 0 aliphatic heterocycles. The molecule has 1 aromatic rings. The minimum absolute atomic E-state index is 0.0678. The fraction of sp³-hybridized carbons (Fsp3) is 0.621. The first kappa shape index (κ1) is 25.9. The van der Waals surface area contributed by atoms with Gasteiger partial charge in [0.2, 0.25) is 0 Å². The van der Waals surface area contributed by atoms with Crippen LogP contribution in [0.15, 0.2) is 41.0 Å². The molecule has 33 heavy (non-hydrogen) atoms. The van der Waals surface area contributed by atoms with Crippen molar-refractivity contribution in [2.45, 2.75) is 86.0 Å². The largest absolute Gasteiger partial charge is 0.493 e. The van der Waals surface area contributed by atoms with Crippen molar-refractivity contribution >= 4 is 18.4 Å². The minimum Gasteiger partial charge on any atom is -0.493 e. The molecule has 0 N–H and O–H groups in total. The molecule has 0 saturated heterocycles. The van der Waals surface area contributed by atoms with E-state index in [0.717, 1.165) is 48.3 Å². The van der Waals surface area contributed by atoms with Gasteiger partial charge in [0.15, 0.2) is 5.78 Å². The Hall–Kier alpha value is -1.68. The Balaban J connectivity index is 1.78. The van der Waals surface area contributed by atoms with Gasteiger partial charge in [-0.15, -0.1) is 12.6 Å². The van der Waals surface area contributed by atoms with E-state index in [4.69, 9.17) is 9.47 Å². The Bertz CT molecular complexity index is 890. The topological polar surface area (TPSA) is 35.5 Å². The zero-order chi connectivity index (χ0) is 24.2. The van der Waals surface area contributed by atoms with Crippen LogP contribution < -0.4 is 4.74 Å². The highest BCUT2D eigenvalue weighted by molar-refractivity contribution is 7.83. The van der Waals surface area contributed by atoms with Gasteiger partial charge in [-0.05, 0) is 78.2 Å². The van der Waals surface area contributed by atoms with Crippen LogP contribution in [0.1, 0.15) is 102 Å². The quantitative estimate of drug-likeness (QED) is 0.162. The molecule has 0 atom stereocenters. The van der Waals surface area contributed by atoms with Gasteiger partial charge in [-0.3, -0.25) is 4.79 Å². The number of Topliss-reactive ketones (excluding diaryl/α,β-unsaturated/α-hetero) is 1. The highest BCUT2D eigenvalue weighted by Crippen LogP contribution is 2.44. The molecule has 0 aromatic heterocycles. The van der Waals surface area contributed by atoms with Crippen molar-refractivity contribution in [1.29, 1.82) is 0 Å². The van der Waals surface area contributed by atoms with E-state index in [1.165, 1.54) is 12.0 Å². The molecule has 2 aliphatic carbocycles. The lowest BCUT2D eigenvalue weighted by Gasteiger charge is -2.29. The van der Waals surface area contributed by atoms with Crippen molar-refractivity contribution in [2.24, 2.45) is 16.7 Å². The minimum atomic E-state index is 0.0678. The van der Waals surface area contributed by atoms with Gasteiger partial charge in [0.1, 0.15) is 11.5 Å². The maximum Gasteiger partial charge on any atom is 0.167 e. The molecular weight excluding hydrogens is 428 g/mol. The van der Waals surface area contributed by atoms with E-state index in [0.29, 0.717) is 31.5 Å². The molecule has 182 valence electrons. The molecule has 4 heteroatoms. The monoisotopic (exact) mass is 470 g/mol. The van der Waals surface area contributed by atoms with Gasteiger partial charge in [0.05, 0.1) is 13.2 Å². The number of ketones is 1. The number of benzene rings is 1. The Morgan fingerprint density at radius 3 is 2.21 bits per heavy atom. The van der Waals surface area contributed by atoms with Crippen LogP contribution in [0.2, 0.25) is 0 Å². The number of thiol groups is 1. The Morgan fingerprint density at radius 1 is 1.03 bits per heavy atom. The first-order valence-corrected chi connectivity index (χ1v) is 12.9. The normalized spacial score (nSPS) is 18.2. The smallest absolute Gasteiger partial charge is 0.167 e. The molecule has 2 saturated carbocycles. The molecule has 0 unspecified atom stereocenters. The number of hydrogen-bond acceptors (Lipinski definition) is 4. The van der Waals surface area contributed by atoms with Gasteiger partial charge < -0.3 is 9.47 Å². The number of allylic oxidation sites excluding steroid dienone is 2. The third kappa shape index (κ3) is 8.24. The summed E-state index contributed by atoms with van der Waals surface area (Å²) in [5.74, 6) is 2.77. The number of carbonyl (C=O) groups excluding carboxylic acids is 1. The summed E-state index contributed by atoms with van der Waals surface area (Å²) in [6.07, 6.45) is 8.34. The van der Waals surface area contributed by atoms with E-state index in [2.05, 4.69) is 66.3 Å². The van der Waals surface area contributed by atoms with Crippen LogP contribution in [0.4, 0.5) is 0 Å². The van der Waals surface area contributed by atoms with Gasteiger partial charge in [0, 0.05) is 17.4 Å². The van der Waals surface area contributed by atoms with E-state index in [1.54, 1.807) is 5.41 Å². The standard InChI is InChI=1S/C29H42O3S/c1-28(2,3)18-31-23-12-13-25(26(16-23)21-10-11-21)27(30)15-22(20-8-7-9-20)14-24(17-33)32-19-29(4,5)6/h12-14,16-17,20-21,33H,7-11,15,18-19H2,1-6H3/b22-14+,24-17+. The number of carbonyl (C=O) groups is 1. The molecular formula is C29H42O3S. The summed E-state index contributed by atoms with van der Waals surface area (Å²) in [4.78, 5) is 13.5. The van der Waals surface area contributed by atoms with Crippen LogP contribution in [0.5, 0.6) is 5.75 Å². The SMILES string of the molecule is CC(C)(C)COC(=C/S)/C=C(\CC(=O)c1ccc(OCC(C)(C)C)cc1C1CC1)C1CCC1. The maximum atomic E-state index is 13.5. The molecule has 0 heterocycles. The van der Waals surface area contributed by atoms with Gasteiger partial charge in [-0.1, -0.05) is 53.5 Å². The Labute approximate surface area is 206 Å². The molecule has 0 amide bonds. The summed E-state index contributed by atoms with van der Waals surface area (Å²) in [5, 5.41) is 1.71. The molecule has 3 rings (SSSR count). The second-order valence-electron chi connectivity index (χ2n) is 12.2. The third-order valence-electron chi connectivity index (χ3n) is 6.13. The average molecular weight is 471 g/mol. The molecule has 0 bridgehead atoms. The van der Waals surface area contributed by atoms with E-state index in [9.17, 15) is 4.79 Å². The van der Waals surface area contributed by atoms with Gasteiger partial charge in [-0.2, -0.15) is 0 Å². The summed E-state index contributed by atoms with van der Waals surface area (Å²) < 4.78 is 12.1. The van der Waals surface area contributed by atoms with Crippen LogP contribution >= 0.6 is 12.6 Å². The first-order valence-electron chi connectivity index (χ1n) is 12.4. The summed E-state index contributed by atoms with van der Waals surface area (Å²) >= 11 is 4.37. The molecule has 1 aromatic carbocycles. The fourth-order valence-electron chi connectivity index (χ4n) is 3.89. The van der Waals surface area contributed by atoms with Crippen molar-refractivity contribution in [3.8, 4) is 5.75 Å². The van der Waals surface area contributed by atoms with E-state index in [1.807, 2.05) is 12.1 Å². The lowest BCUT2D eigenvalue weighted by Crippen LogP contribution is -2.18. The molecule has 0 radical (unpaired) electrons. The third-order valence-corrected chi connectivity index (χ3v) is 6.39. The lowest BCUT2D eigenvalue weighted by atomic mass is 9.77. The lowest BCUT2D eigenvalue weighted by molar-refractivity contribution is 0.0985. The summed E-state index contributed by atoms with van der Waals surface area (Å²) in [6, 6.07) is 6.05. The van der Waals surface area contributed by atoms with E-state index < -0.39 is 0 Å². The zero-order valence-corrected chi connectivity index (χ0v) is 22.3. The Kier molecular flexibility index (Phi) is 8.42. The number of rotatable bonds is 10. The highest BCUT2D eigenvalue weighted by atomic mass is 32.1. The maximum absolute atomic E-state index is 13.5. The summed E-state index contributed by atoms with van der Waals surface area (Å²) in [7, 11) is 0. The molecule has 0 spiro atoms. The van der Waals surface area contributed by atoms with Gasteiger partial charge >= 0.3 is 0 Å². The number of ether oxygens (including phenoxy) is 2. The molecule has 3 nitrogen and oxygen atoms in total. The van der Waals surface area contributed by atoms with Crippen molar-refractivity contribution in [2.75, 3.05) is 13.2 Å². The predicted octanol–water partition coefficient (Wildman–Crippen LogP) is 8.12. The summed E-state index contributed by atoms with van der Waals surface area (Å²) in [5.41, 5.74) is 3.36. The summed E-state index contributed by atoms with van der Waals surface area (Å²) in [6.45, 7) is 14.2. The zero-order valence-electron chi connectivity index (χ0n) is 21.4. The Morgan fingerprint density at radius 2 is 1.70 bits per heavy atom. The number of hydrogen-bond donors (Lipinski definition) is 1. The van der Waals surface area contributed by atoms with Crippen LogP contribution in [-0.2, 0) is 4.74 Å². The van der Waals surface area contributed by atoms with E-state index >= 15 is 0 Å². The van der Waals surface area contributed by atoms with Gasteiger partial charge in [0.25, 0.3) is 0 Å². The van der Waals surface area contributed by atoms with Gasteiger partial charge in [-0.25, -0.2) is 0 Å². The second kappa shape index (κ2) is 10.7. The molecule has 2 fully saturated rings. The van der Waals surface area contributed by atoms with Crippen LogP contribution in [0, 0.1) is 16.7 Å². The van der Waals surface area contributed by atoms with Crippen molar-refractivity contribution < 1.29 is 14.3 Å².